The van der Waals surface area contributed by atoms with Crippen molar-refractivity contribution in [3.05, 3.63) is 51.4 Å². The van der Waals surface area contributed by atoms with Crippen LogP contribution in [0.5, 0.6) is 11.5 Å². The Hall–Kier alpha value is -2.87. The van der Waals surface area contributed by atoms with Gasteiger partial charge in [0.05, 0.1) is 5.69 Å². The van der Waals surface area contributed by atoms with Gasteiger partial charge in [-0.15, -0.1) is 0 Å². The third-order valence-electron chi connectivity index (χ3n) is 6.33. The van der Waals surface area contributed by atoms with Crippen LogP contribution >= 0.6 is 0 Å². The predicted octanol–water partition coefficient (Wildman–Crippen LogP) is 0.958. The fraction of sp³-hybridized carbons (Fsp3) is 0.500. The zero-order chi connectivity index (χ0) is 20.7. The van der Waals surface area contributed by atoms with Crippen molar-refractivity contribution in [1.29, 1.82) is 0 Å². The van der Waals surface area contributed by atoms with E-state index in [0.29, 0.717) is 6.42 Å². The van der Waals surface area contributed by atoms with Crippen molar-refractivity contribution >= 4 is 5.91 Å². The van der Waals surface area contributed by atoms with Crippen LogP contribution in [0.15, 0.2) is 29.1 Å². The van der Waals surface area contributed by atoms with Crippen LogP contribution < -0.4 is 15.0 Å². The summed E-state index contributed by atoms with van der Waals surface area (Å²) < 4.78 is 12.2. The summed E-state index contributed by atoms with van der Waals surface area (Å²) in [5, 5.41) is 4.35. The number of aryl methyl sites for hydroxylation is 2. The van der Waals surface area contributed by atoms with Crippen LogP contribution in [0, 0.1) is 5.92 Å². The van der Waals surface area contributed by atoms with Crippen molar-refractivity contribution in [3.63, 3.8) is 0 Å². The first-order chi connectivity index (χ1) is 14.6. The highest BCUT2D eigenvalue weighted by Gasteiger charge is 2.31. The van der Waals surface area contributed by atoms with Crippen LogP contribution in [0.3, 0.4) is 0 Å². The molecule has 3 aliphatic rings. The van der Waals surface area contributed by atoms with E-state index in [9.17, 15) is 9.59 Å². The number of hydrogen-bond donors (Lipinski definition) is 0. The number of amides is 1. The Bertz CT molecular complexity index is 1030. The number of rotatable bonds is 3. The van der Waals surface area contributed by atoms with E-state index in [-0.39, 0.29) is 24.2 Å². The molecule has 5 rings (SSSR count). The quantitative estimate of drug-likeness (QED) is 0.750. The van der Waals surface area contributed by atoms with Crippen LogP contribution in [0.2, 0.25) is 0 Å². The second-order valence-electron chi connectivity index (χ2n) is 8.31. The van der Waals surface area contributed by atoms with Gasteiger partial charge in [-0.2, -0.15) is 5.10 Å². The van der Waals surface area contributed by atoms with E-state index in [1.165, 1.54) is 10.2 Å². The standard InChI is InChI=1S/C22H26N4O4/c1-24-21(27)12-17-11-16(3-4-18(17)23-24)22(28)26-8-6-25(7-9-26)13-15-2-5-19-20(10-15)30-14-29-19/h2,5,10,12,16H,3-4,6-9,11,13-14H2,1H3. The van der Waals surface area contributed by atoms with Crippen molar-refractivity contribution in [2.75, 3.05) is 33.0 Å². The lowest BCUT2D eigenvalue weighted by Gasteiger charge is -2.37. The summed E-state index contributed by atoms with van der Waals surface area (Å²) >= 11 is 0. The maximum Gasteiger partial charge on any atom is 0.266 e. The Balaban J connectivity index is 1.17. The molecule has 1 unspecified atom stereocenters. The lowest BCUT2D eigenvalue weighted by molar-refractivity contribution is -0.137. The minimum absolute atomic E-state index is 0.0492. The van der Waals surface area contributed by atoms with Gasteiger partial charge in [0, 0.05) is 51.8 Å². The minimum Gasteiger partial charge on any atom is -0.454 e. The molecule has 0 radical (unpaired) electrons. The highest BCUT2D eigenvalue weighted by molar-refractivity contribution is 5.79. The largest absolute Gasteiger partial charge is 0.454 e. The van der Waals surface area contributed by atoms with Crippen LogP contribution in [0.4, 0.5) is 0 Å². The average Bonchev–Trinajstić information content (AvgIpc) is 3.22. The summed E-state index contributed by atoms with van der Waals surface area (Å²) in [6, 6.07) is 7.71. The molecule has 2 aliphatic heterocycles. The second-order valence-corrected chi connectivity index (χ2v) is 8.31. The lowest BCUT2D eigenvalue weighted by atomic mass is 9.86. The monoisotopic (exact) mass is 410 g/mol. The van der Waals surface area contributed by atoms with Crippen LogP contribution in [-0.4, -0.2) is 58.5 Å². The van der Waals surface area contributed by atoms with Gasteiger partial charge in [-0.1, -0.05) is 6.07 Å². The molecular weight excluding hydrogens is 384 g/mol. The molecule has 3 heterocycles. The van der Waals surface area contributed by atoms with E-state index in [2.05, 4.69) is 16.1 Å². The van der Waals surface area contributed by atoms with E-state index < -0.39 is 0 Å². The van der Waals surface area contributed by atoms with Crippen molar-refractivity contribution in [2.45, 2.75) is 25.8 Å². The first-order valence-corrected chi connectivity index (χ1v) is 10.5. The molecule has 158 valence electrons. The van der Waals surface area contributed by atoms with E-state index in [1.54, 1.807) is 13.1 Å². The SMILES string of the molecule is Cn1nc2c(cc1=O)CC(C(=O)N1CCN(Cc3ccc4c(c3)OCO4)CC1)CC2. The molecule has 1 amide bonds. The molecule has 0 N–H and O–H groups in total. The smallest absolute Gasteiger partial charge is 0.266 e. The fourth-order valence-corrected chi connectivity index (χ4v) is 4.58. The molecular formula is C22H26N4O4. The summed E-state index contributed by atoms with van der Waals surface area (Å²) in [6.07, 6.45) is 2.17. The van der Waals surface area contributed by atoms with Gasteiger partial charge in [0.2, 0.25) is 12.7 Å². The van der Waals surface area contributed by atoms with Gasteiger partial charge < -0.3 is 14.4 Å². The fourth-order valence-electron chi connectivity index (χ4n) is 4.58. The number of carbonyl (C=O) groups excluding carboxylic acids is 1. The Labute approximate surface area is 175 Å². The Morgan fingerprint density at radius 1 is 1.13 bits per heavy atom. The Kier molecular flexibility index (Phi) is 4.94. The Morgan fingerprint density at radius 2 is 1.93 bits per heavy atom. The molecule has 1 aliphatic carbocycles. The lowest BCUT2D eigenvalue weighted by Crippen LogP contribution is -2.50. The van der Waals surface area contributed by atoms with Crippen molar-refractivity contribution in [3.8, 4) is 11.5 Å². The van der Waals surface area contributed by atoms with Crippen molar-refractivity contribution in [1.82, 2.24) is 19.6 Å². The van der Waals surface area contributed by atoms with Crippen molar-refractivity contribution < 1.29 is 14.3 Å². The summed E-state index contributed by atoms with van der Waals surface area (Å²) in [6.45, 7) is 4.31. The van der Waals surface area contributed by atoms with Gasteiger partial charge in [0.15, 0.2) is 11.5 Å². The van der Waals surface area contributed by atoms with Crippen LogP contribution in [-0.2, 0) is 31.2 Å². The number of benzene rings is 1. The van der Waals surface area contributed by atoms with Gasteiger partial charge in [0.25, 0.3) is 5.56 Å². The number of fused-ring (bicyclic) bond motifs is 2. The van der Waals surface area contributed by atoms with Gasteiger partial charge in [0.1, 0.15) is 0 Å². The molecule has 2 aromatic rings. The minimum atomic E-state index is -0.112. The van der Waals surface area contributed by atoms with Gasteiger partial charge in [-0.3, -0.25) is 14.5 Å². The summed E-state index contributed by atoms with van der Waals surface area (Å²) in [5.41, 5.74) is 2.97. The average molecular weight is 410 g/mol. The van der Waals surface area contributed by atoms with Gasteiger partial charge in [-0.05, 0) is 42.5 Å². The Morgan fingerprint density at radius 3 is 2.77 bits per heavy atom. The highest BCUT2D eigenvalue weighted by atomic mass is 16.7. The second kappa shape index (κ2) is 7.75. The number of nitrogens with zero attached hydrogens (tertiary/aromatic N) is 4. The zero-order valence-electron chi connectivity index (χ0n) is 17.2. The molecule has 8 heteroatoms. The third kappa shape index (κ3) is 3.67. The maximum absolute atomic E-state index is 13.1. The summed E-state index contributed by atoms with van der Waals surface area (Å²) in [7, 11) is 1.67. The first-order valence-electron chi connectivity index (χ1n) is 10.5. The summed E-state index contributed by atoms with van der Waals surface area (Å²) in [5.74, 6) is 1.77. The molecule has 0 spiro atoms. The van der Waals surface area contributed by atoms with E-state index >= 15 is 0 Å². The predicted molar refractivity (Wildman–Crippen MR) is 109 cm³/mol. The zero-order valence-corrected chi connectivity index (χ0v) is 17.2. The van der Waals surface area contributed by atoms with Crippen molar-refractivity contribution in [2.24, 2.45) is 13.0 Å². The van der Waals surface area contributed by atoms with Gasteiger partial charge in [-0.25, -0.2) is 4.68 Å². The molecule has 8 nitrogen and oxygen atoms in total. The molecule has 30 heavy (non-hydrogen) atoms. The third-order valence-corrected chi connectivity index (χ3v) is 6.33. The molecule has 0 bridgehead atoms. The number of aromatic nitrogens is 2. The molecule has 1 atom stereocenters. The van der Waals surface area contributed by atoms with Crippen LogP contribution in [0.1, 0.15) is 23.2 Å². The first kappa shape index (κ1) is 19.1. The topological polar surface area (TPSA) is 76.9 Å². The number of ether oxygens (including phenoxy) is 2. The number of piperazine rings is 1. The maximum atomic E-state index is 13.1. The summed E-state index contributed by atoms with van der Waals surface area (Å²) in [4.78, 5) is 29.3. The van der Waals surface area contributed by atoms with E-state index in [4.69, 9.17) is 9.47 Å². The molecule has 1 aromatic carbocycles. The number of carbonyl (C=O) groups is 1. The molecule has 0 saturated carbocycles. The normalized spacial score (nSPS) is 20.8. The van der Waals surface area contributed by atoms with Crippen LogP contribution in [0.25, 0.3) is 0 Å². The molecule has 1 aromatic heterocycles. The number of hydrogen-bond acceptors (Lipinski definition) is 6. The molecule has 1 saturated heterocycles. The highest BCUT2D eigenvalue weighted by Crippen LogP contribution is 2.33. The van der Waals surface area contributed by atoms with Gasteiger partial charge >= 0.3 is 0 Å². The molecule has 1 fully saturated rings. The van der Waals surface area contributed by atoms with E-state index in [1.807, 2.05) is 17.0 Å². The van der Waals surface area contributed by atoms with E-state index in [0.717, 1.165) is 68.3 Å².